The van der Waals surface area contributed by atoms with E-state index in [1.165, 1.54) is 7.11 Å². The fourth-order valence-electron chi connectivity index (χ4n) is 2.61. The van der Waals surface area contributed by atoms with E-state index in [0.717, 1.165) is 15.2 Å². The highest BCUT2D eigenvalue weighted by Gasteiger charge is 2.13. The molecule has 3 aromatic rings. The van der Waals surface area contributed by atoms with E-state index in [9.17, 15) is 9.59 Å². The Morgan fingerprint density at radius 2 is 1.63 bits per heavy atom. The van der Waals surface area contributed by atoms with E-state index >= 15 is 0 Å². The Labute approximate surface area is 169 Å². The highest BCUT2D eigenvalue weighted by atomic mass is 79.9. The van der Waals surface area contributed by atoms with Crippen LogP contribution in [-0.4, -0.2) is 24.1 Å². The molecule has 0 aliphatic carbocycles. The largest absolute Gasteiger partial charge is 0.465 e. The van der Waals surface area contributed by atoms with E-state index in [1.807, 2.05) is 30.3 Å². The number of halogens is 1. The summed E-state index contributed by atoms with van der Waals surface area (Å²) < 4.78 is 5.57. The number of hydrogen-bond acceptors (Lipinski definition) is 4. The van der Waals surface area contributed by atoms with Gasteiger partial charge in [-0.2, -0.15) is 0 Å². The van der Waals surface area contributed by atoms with Crippen LogP contribution in [0.5, 0.6) is 0 Å². The number of anilines is 1. The average Bonchev–Trinajstić information content (AvgIpc) is 2.67. The number of carbonyl (C=O) groups excluding carboxylic acids is 2. The fraction of sp³-hybridized carbons (Fsp3) is 0.0500. The topological polar surface area (TPSA) is 67.4 Å². The van der Waals surface area contributed by atoms with Crippen molar-refractivity contribution in [2.75, 3.05) is 12.4 Å². The average molecular weight is 443 g/mol. The number of methoxy groups -OCH3 is 1. The monoisotopic (exact) mass is 442 g/mol. The smallest absolute Gasteiger partial charge is 0.337 e. The lowest BCUT2D eigenvalue weighted by Crippen LogP contribution is -2.34. The molecule has 3 aromatic carbocycles. The fourth-order valence-corrected chi connectivity index (χ4v) is 3.32. The van der Waals surface area contributed by atoms with Crippen LogP contribution in [0.25, 0.3) is 10.8 Å². The van der Waals surface area contributed by atoms with Crippen molar-refractivity contribution in [3.63, 3.8) is 0 Å². The lowest BCUT2D eigenvalue weighted by molar-refractivity contribution is 0.0600. The molecule has 0 saturated heterocycles. The molecule has 0 heterocycles. The van der Waals surface area contributed by atoms with Gasteiger partial charge >= 0.3 is 5.97 Å². The van der Waals surface area contributed by atoms with Crippen molar-refractivity contribution >= 4 is 61.6 Å². The summed E-state index contributed by atoms with van der Waals surface area (Å²) in [6.45, 7) is 0. The van der Waals surface area contributed by atoms with Gasteiger partial charge in [-0.25, -0.2) is 4.79 Å². The molecule has 0 fully saturated rings. The van der Waals surface area contributed by atoms with Gasteiger partial charge in [0.2, 0.25) is 0 Å². The first kappa shape index (κ1) is 19.0. The SMILES string of the molecule is COC(=O)c1ccc(NC(=S)NC(=O)c2cccc3c(Br)cccc23)cc1. The van der Waals surface area contributed by atoms with E-state index in [-0.39, 0.29) is 11.0 Å². The van der Waals surface area contributed by atoms with Gasteiger partial charge in [0, 0.05) is 15.7 Å². The van der Waals surface area contributed by atoms with Crippen LogP contribution in [-0.2, 0) is 4.74 Å². The van der Waals surface area contributed by atoms with E-state index < -0.39 is 5.97 Å². The third-order valence-corrected chi connectivity index (χ3v) is 4.80. The number of carbonyl (C=O) groups is 2. The predicted molar refractivity (Wildman–Crippen MR) is 113 cm³/mol. The predicted octanol–water partition coefficient (Wildman–Crippen LogP) is 4.52. The van der Waals surface area contributed by atoms with Crippen molar-refractivity contribution in [3.05, 3.63) is 76.3 Å². The second-order valence-electron chi connectivity index (χ2n) is 5.62. The molecule has 0 aliphatic rings. The Kier molecular flexibility index (Phi) is 5.83. The quantitative estimate of drug-likeness (QED) is 0.461. The van der Waals surface area contributed by atoms with Crippen molar-refractivity contribution in [3.8, 4) is 0 Å². The first-order valence-corrected chi connectivity index (χ1v) is 9.17. The number of rotatable bonds is 3. The Morgan fingerprint density at radius 3 is 2.33 bits per heavy atom. The summed E-state index contributed by atoms with van der Waals surface area (Å²) in [6, 6.07) is 17.8. The van der Waals surface area contributed by atoms with Crippen molar-refractivity contribution < 1.29 is 14.3 Å². The summed E-state index contributed by atoms with van der Waals surface area (Å²) in [7, 11) is 1.32. The molecule has 5 nitrogen and oxygen atoms in total. The maximum Gasteiger partial charge on any atom is 0.337 e. The third kappa shape index (κ3) is 4.32. The maximum absolute atomic E-state index is 12.6. The molecule has 0 unspecified atom stereocenters. The summed E-state index contributed by atoms with van der Waals surface area (Å²) in [5, 5.41) is 7.54. The number of ether oxygens (including phenoxy) is 1. The molecular weight excluding hydrogens is 428 g/mol. The Hall–Kier alpha value is -2.77. The summed E-state index contributed by atoms with van der Waals surface area (Å²) >= 11 is 8.72. The molecule has 0 spiro atoms. The molecule has 3 rings (SSSR count). The normalized spacial score (nSPS) is 10.3. The minimum atomic E-state index is -0.417. The second kappa shape index (κ2) is 8.28. The van der Waals surface area contributed by atoms with Gasteiger partial charge in [-0.3, -0.25) is 10.1 Å². The first-order chi connectivity index (χ1) is 13.0. The van der Waals surface area contributed by atoms with Gasteiger partial charge in [0.05, 0.1) is 12.7 Å². The highest BCUT2D eigenvalue weighted by molar-refractivity contribution is 9.10. The molecule has 0 aliphatic heterocycles. The van der Waals surface area contributed by atoms with Crippen LogP contribution < -0.4 is 10.6 Å². The van der Waals surface area contributed by atoms with Crippen LogP contribution in [0.3, 0.4) is 0 Å². The summed E-state index contributed by atoms with van der Waals surface area (Å²) in [4.78, 5) is 24.1. The lowest BCUT2D eigenvalue weighted by Gasteiger charge is -2.11. The molecule has 2 N–H and O–H groups in total. The van der Waals surface area contributed by atoms with Crippen LogP contribution in [0.2, 0.25) is 0 Å². The summed E-state index contributed by atoms with van der Waals surface area (Å²) in [5.74, 6) is -0.720. The zero-order valence-corrected chi connectivity index (χ0v) is 16.7. The zero-order valence-electron chi connectivity index (χ0n) is 14.3. The molecular formula is C20H15BrN2O3S. The van der Waals surface area contributed by atoms with Crippen LogP contribution in [0, 0.1) is 0 Å². The van der Waals surface area contributed by atoms with Crippen molar-refractivity contribution in [1.29, 1.82) is 0 Å². The molecule has 0 saturated carbocycles. The van der Waals surface area contributed by atoms with Gasteiger partial charge < -0.3 is 10.1 Å². The number of thiocarbonyl (C=S) groups is 1. The van der Waals surface area contributed by atoms with Crippen LogP contribution in [0.4, 0.5) is 5.69 Å². The Balaban J connectivity index is 1.72. The van der Waals surface area contributed by atoms with Gasteiger partial charge in [-0.05, 0) is 59.4 Å². The van der Waals surface area contributed by atoms with Crippen LogP contribution >= 0.6 is 28.1 Å². The van der Waals surface area contributed by atoms with Gasteiger partial charge in [0.25, 0.3) is 5.91 Å². The van der Waals surface area contributed by atoms with E-state index in [2.05, 4.69) is 31.3 Å². The first-order valence-electron chi connectivity index (χ1n) is 7.97. The number of benzene rings is 3. The van der Waals surface area contributed by atoms with E-state index in [4.69, 9.17) is 12.2 Å². The highest BCUT2D eigenvalue weighted by Crippen LogP contribution is 2.26. The minimum absolute atomic E-state index is 0.165. The molecule has 0 atom stereocenters. The summed E-state index contributed by atoms with van der Waals surface area (Å²) in [6.07, 6.45) is 0. The molecule has 0 radical (unpaired) electrons. The van der Waals surface area contributed by atoms with Crippen molar-refractivity contribution in [1.82, 2.24) is 5.32 Å². The Bertz CT molecular complexity index is 1040. The number of amides is 1. The lowest BCUT2D eigenvalue weighted by atomic mass is 10.0. The minimum Gasteiger partial charge on any atom is -0.465 e. The number of fused-ring (bicyclic) bond motifs is 1. The maximum atomic E-state index is 12.6. The standard InChI is InChI=1S/C20H15BrN2O3S/c1-26-19(25)12-8-10-13(11-9-12)22-20(27)23-18(24)16-6-2-5-15-14(16)4-3-7-17(15)21/h2-11H,1H3,(H2,22,23,24,27). The molecule has 1 amide bonds. The second-order valence-corrected chi connectivity index (χ2v) is 6.88. The van der Waals surface area contributed by atoms with E-state index in [0.29, 0.717) is 16.8 Å². The molecule has 0 bridgehead atoms. The number of esters is 1. The van der Waals surface area contributed by atoms with Crippen molar-refractivity contribution in [2.45, 2.75) is 0 Å². The zero-order chi connectivity index (χ0) is 19.4. The number of nitrogens with one attached hydrogen (secondary N) is 2. The molecule has 0 aromatic heterocycles. The van der Waals surface area contributed by atoms with E-state index in [1.54, 1.807) is 30.3 Å². The number of hydrogen-bond donors (Lipinski definition) is 2. The van der Waals surface area contributed by atoms with Crippen molar-refractivity contribution in [2.24, 2.45) is 0 Å². The van der Waals surface area contributed by atoms with Gasteiger partial charge in [-0.15, -0.1) is 0 Å². The molecule has 7 heteroatoms. The van der Waals surface area contributed by atoms with Gasteiger partial charge in [0.1, 0.15) is 0 Å². The van der Waals surface area contributed by atoms with Crippen LogP contribution in [0.1, 0.15) is 20.7 Å². The Morgan fingerprint density at radius 1 is 0.963 bits per heavy atom. The van der Waals surface area contributed by atoms with Gasteiger partial charge in [0.15, 0.2) is 5.11 Å². The summed E-state index contributed by atoms with van der Waals surface area (Å²) in [5.41, 5.74) is 1.60. The molecule has 27 heavy (non-hydrogen) atoms. The van der Waals surface area contributed by atoms with Crippen LogP contribution in [0.15, 0.2) is 65.1 Å². The molecule has 136 valence electrons. The van der Waals surface area contributed by atoms with Gasteiger partial charge in [-0.1, -0.05) is 40.2 Å². The third-order valence-electron chi connectivity index (χ3n) is 3.90.